The van der Waals surface area contributed by atoms with E-state index >= 15 is 0 Å². The van der Waals surface area contributed by atoms with Gasteiger partial charge in [0, 0.05) is 30.3 Å². The Bertz CT molecular complexity index is 1370. The molecule has 1 amide bonds. The molecular formula is C31H37FN4O4. The van der Waals surface area contributed by atoms with Crippen molar-refractivity contribution in [3.63, 3.8) is 0 Å². The molecule has 0 atom stereocenters. The SMILES string of the molecule is CC(C)(C)OC(=O)NCCOCCOc1cc(F)ccc1-c1nnc(-c2ccc3c(c2)CCNC3)c2c1CCC2. The van der Waals surface area contributed by atoms with Crippen LogP contribution in [0.5, 0.6) is 5.75 Å². The summed E-state index contributed by atoms with van der Waals surface area (Å²) in [4.78, 5) is 11.7. The Kier molecular flexibility index (Phi) is 8.61. The molecule has 2 aliphatic rings. The predicted octanol–water partition coefficient (Wildman–Crippen LogP) is 5.00. The van der Waals surface area contributed by atoms with Gasteiger partial charge in [-0.15, -0.1) is 10.2 Å². The number of hydrogen-bond acceptors (Lipinski definition) is 7. The molecule has 2 N–H and O–H groups in total. The first kappa shape index (κ1) is 28.0. The molecule has 1 aliphatic carbocycles. The number of hydrogen-bond donors (Lipinski definition) is 2. The Hall–Kier alpha value is -3.56. The lowest BCUT2D eigenvalue weighted by atomic mass is 9.94. The van der Waals surface area contributed by atoms with Crippen molar-refractivity contribution in [1.29, 1.82) is 0 Å². The van der Waals surface area contributed by atoms with Gasteiger partial charge in [-0.2, -0.15) is 0 Å². The van der Waals surface area contributed by atoms with E-state index in [1.165, 1.54) is 28.8 Å². The number of alkyl carbamates (subject to hydrolysis) is 1. The summed E-state index contributed by atoms with van der Waals surface area (Å²) < 4.78 is 30.9. The van der Waals surface area contributed by atoms with E-state index < -0.39 is 11.7 Å². The second kappa shape index (κ2) is 12.3. The standard InChI is InChI=1S/C31H37FN4O4/c1-31(2,3)40-30(37)34-13-14-38-15-16-39-27-18-23(32)9-10-26(27)29-25-6-4-5-24(25)28(35-36-29)21-7-8-22-19-33-12-11-20(22)17-21/h7-10,17-18,33H,4-6,11-16,19H2,1-3H3,(H,34,37). The summed E-state index contributed by atoms with van der Waals surface area (Å²) in [5.74, 6) is 0.0268. The fourth-order valence-corrected chi connectivity index (χ4v) is 5.22. The minimum atomic E-state index is -0.550. The largest absolute Gasteiger partial charge is 0.490 e. The Morgan fingerprint density at radius 2 is 1.77 bits per heavy atom. The summed E-state index contributed by atoms with van der Waals surface area (Å²) in [7, 11) is 0. The number of carbonyl (C=O) groups excluding carboxylic acids is 1. The third-order valence-corrected chi connectivity index (χ3v) is 7.00. The second-order valence-corrected chi connectivity index (χ2v) is 11.1. The van der Waals surface area contributed by atoms with E-state index in [0.717, 1.165) is 66.9 Å². The number of rotatable bonds is 9. The highest BCUT2D eigenvalue weighted by atomic mass is 19.1. The van der Waals surface area contributed by atoms with Crippen LogP contribution in [0, 0.1) is 5.82 Å². The lowest BCUT2D eigenvalue weighted by molar-refractivity contribution is 0.0489. The lowest BCUT2D eigenvalue weighted by Crippen LogP contribution is -2.34. The number of fused-ring (bicyclic) bond motifs is 2. The van der Waals surface area contributed by atoms with Gasteiger partial charge < -0.3 is 24.8 Å². The third-order valence-electron chi connectivity index (χ3n) is 7.00. The van der Waals surface area contributed by atoms with Gasteiger partial charge in [0.25, 0.3) is 0 Å². The van der Waals surface area contributed by atoms with E-state index in [1.54, 1.807) is 6.07 Å². The van der Waals surface area contributed by atoms with Crippen molar-refractivity contribution in [3.05, 3.63) is 64.5 Å². The van der Waals surface area contributed by atoms with Crippen LogP contribution in [0.3, 0.4) is 0 Å². The van der Waals surface area contributed by atoms with Crippen molar-refractivity contribution >= 4 is 6.09 Å². The van der Waals surface area contributed by atoms with Gasteiger partial charge in [-0.05, 0) is 93.5 Å². The van der Waals surface area contributed by atoms with E-state index in [0.29, 0.717) is 18.9 Å². The van der Waals surface area contributed by atoms with Gasteiger partial charge in [-0.25, -0.2) is 9.18 Å². The van der Waals surface area contributed by atoms with E-state index in [9.17, 15) is 9.18 Å². The number of nitrogens with one attached hydrogen (secondary N) is 2. The molecule has 0 spiro atoms. The summed E-state index contributed by atoms with van der Waals surface area (Å²) in [6.45, 7) is 8.43. The van der Waals surface area contributed by atoms with Crippen LogP contribution < -0.4 is 15.4 Å². The van der Waals surface area contributed by atoms with Crippen LogP contribution in [0.15, 0.2) is 36.4 Å². The molecule has 1 aliphatic heterocycles. The van der Waals surface area contributed by atoms with Crippen LogP contribution in [-0.2, 0) is 35.3 Å². The number of amides is 1. The van der Waals surface area contributed by atoms with Crippen LogP contribution in [0.2, 0.25) is 0 Å². The molecule has 40 heavy (non-hydrogen) atoms. The molecule has 0 saturated heterocycles. The minimum Gasteiger partial charge on any atom is -0.490 e. The molecule has 9 heteroatoms. The fourth-order valence-electron chi connectivity index (χ4n) is 5.22. The molecule has 0 bridgehead atoms. The molecule has 2 aromatic carbocycles. The molecule has 2 heterocycles. The first-order valence-corrected chi connectivity index (χ1v) is 14.0. The van der Waals surface area contributed by atoms with Gasteiger partial charge in [0.1, 0.15) is 29.5 Å². The first-order valence-electron chi connectivity index (χ1n) is 14.0. The first-order chi connectivity index (χ1) is 19.3. The van der Waals surface area contributed by atoms with E-state index in [2.05, 4.69) is 33.9 Å². The summed E-state index contributed by atoms with van der Waals surface area (Å²) in [6, 6.07) is 11.1. The number of carbonyl (C=O) groups is 1. The highest BCUT2D eigenvalue weighted by Gasteiger charge is 2.25. The number of halogens is 1. The van der Waals surface area contributed by atoms with E-state index in [-0.39, 0.29) is 19.0 Å². The normalized spacial score (nSPS) is 14.4. The Morgan fingerprint density at radius 1 is 0.975 bits per heavy atom. The molecule has 212 valence electrons. The summed E-state index contributed by atoms with van der Waals surface area (Å²) >= 11 is 0. The van der Waals surface area contributed by atoms with Gasteiger partial charge in [0.2, 0.25) is 0 Å². The molecule has 8 nitrogen and oxygen atoms in total. The van der Waals surface area contributed by atoms with Crippen molar-refractivity contribution < 1.29 is 23.4 Å². The molecule has 3 aromatic rings. The highest BCUT2D eigenvalue weighted by molar-refractivity contribution is 5.76. The maximum atomic E-state index is 14.2. The van der Waals surface area contributed by atoms with Crippen LogP contribution in [0.25, 0.3) is 22.5 Å². The zero-order valence-corrected chi connectivity index (χ0v) is 23.4. The molecule has 0 fully saturated rings. The van der Waals surface area contributed by atoms with Crippen LogP contribution >= 0.6 is 0 Å². The van der Waals surface area contributed by atoms with E-state index in [1.807, 2.05) is 20.8 Å². The monoisotopic (exact) mass is 548 g/mol. The van der Waals surface area contributed by atoms with Gasteiger partial charge in [-0.1, -0.05) is 12.1 Å². The molecular weight excluding hydrogens is 511 g/mol. The zero-order chi connectivity index (χ0) is 28.1. The van der Waals surface area contributed by atoms with Crippen LogP contribution in [0.1, 0.15) is 49.4 Å². The summed E-state index contributed by atoms with van der Waals surface area (Å²) in [6.07, 6.45) is 3.39. The summed E-state index contributed by atoms with van der Waals surface area (Å²) in [5, 5.41) is 15.4. The van der Waals surface area contributed by atoms with Crippen molar-refractivity contribution in [3.8, 4) is 28.3 Å². The Labute approximate surface area is 234 Å². The van der Waals surface area contributed by atoms with Crippen molar-refractivity contribution in [2.45, 2.75) is 58.6 Å². The van der Waals surface area contributed by atoms with Crippen molar-refractivity contribution in [2.24, 2.45) is 0 Å². The lowest BCUT2D eigenvalue weighted by Gasteiger charge is -2.19. The van der Waals surface area contributed by atoms with Gasteiger partial charge in [0.15, 0.2) is 0 Å². The topological polar surface area (TPSA) is 94.6 Å². The second-order valence-electron chi connectivity index (χ2n) is 11.1. The number of benzene rings is 2. The van der Waals surface area contributed by atoms with Gasteiger partial charge >= 0.3 is 6.09 Å². The smallest absolute Gasteiger partial charge is 0.407 e. The predicted molar refractivity (Wildman–Crippen MR) is 151 cm³/mol. The maximum Gasteiger partial charge on any atom is 0.407 e. The van der Waals surface area contributed by atoms with Crippen molar-refractivity contribution in [2.75, 3.05) is 32.9 Å². The van der Waals surface area contributed by atoms with Gasteiger partial charge in [0.05, 0.1) is 18.9 Å². The van der Waals surface area contributed by atoms with Crippen molar-refractivity contribution in [1.82, 2.24) is 20.8 Å². The Morgan fingerprint density at radius 3 is 2.60 bits per heavy atom. The van der Waals surface area contributed by atoms with Crippen LogP contribution in [0.4, 0.5) is 9.18 Å². The number of nitrogens with zero attached hydrogens (tertiary/aromatic N) is 2. The average Bonchev–Trinajstić information content (AvgIpc) is 3.41. The minimum absolute atomic E-state index is 0.223. The molecule has 0 saturated carbocycles. The van der Waals surface area contributed by atoms with Gasteiger partial charge in [-0.3, -0.25) is 0 Å². The van der Waals surface area contributed by atoms with Crippen LogP contribution in [-0.4, -0.2) is 54.8 Å². The number of ether oxygens (including phenoxy) is 3. The third kappa shape index (κ3) is 6.77. The zero-order valence-electron chi connectivity index (χ0n) is 23.4. The molecule has 5 rings (SSSR count). The Balaban J connectivity index is 1.25. The number of aromatic nitrogens is 2. The molecule has 0 unspecified atom stereocenters. The fraction of sp³-hybridized carbons (Fsp3) is 0.452. The summed E-state index contributed by atoms with van der Waals surface area (Å²) in [5.41, 5.74) is 8.05. The molecule has 1 aromatic heterocycles. The molecule has 0 radical (unpaired) electrons. The average molecular weight is 549 g/mol. The van der Waals surface area contributed by atoms with E-state index in [4.69, 9.17) is 19.3 Å². The maximum absolute atomic E-state index is 14.2. The highest BCUT2D eigenvalue weighted by Crippen LogP contribution is 2.39. The quantitative estimate of drug-likeness (QED) is 0.363.